The monoisotopic (exact) mass is 268 g/mol. The molecule has 20 heavy (non-hydrogen) atoms. The summed E-state index contributed by atoms with van der Waals surface area (Å²) in [6.07, 6.45) is 0.505. The first kappa shape index (κ1) is 12.4. The average molecular weight is 268 g/mol. The second-order valence-electron chi connectivity index (χ2n) is 4.66. The van der Waals surface area contributed by atoms with Gasteiger partial charge in [0.05, 0.1) is 11.4 Å². The number of hydrogen-bond acceptors (Lipinski definition) is 3. The Kier molecular flexibility index (Phi) is 2.99. The van der Waals surface area contributed by atoms with Gasteiger partial charge in [0.15, 0.2) is 11.6 Å². The van der Waals surface area contributed by atoms with E-state index in [2.05, 4.69) is 17.1 Å². The van der Waals surface area contributed by atoms with E-state index < -0.39 is 5.82 Å². The molecule has 0 radical (unpaired) electrons. The van der Waals surface area contributed by atoms with Crippen LogP contribution in [0, 0.1) is 5.82 Å². The van der Waals surface area contributed by atoms with E-state index in [1.807, 2.05) is 24.3 Å². The van der Waals surface area contributed by atoms with Crippen LogP contribution in [0.15, 0.2) is 54.1 Å². The molecular weight excluding hydrogens is 255 g/mol. The van der Waals surface area contributed by atoms with Gasteiger partial charge in [-0.05, 0) is 17.7 Å². The van der Waals surface area contributed by atoms with E-state index in [1.165, 1.54) is 12.1 Å². The molecule has 0 saturated carbocycles. The van der Waals surface area contributed by atoms with Gasteiger partial charge in [-0.1, -0.05) is 36.9 Å². The number of halogens is 1. The highest BCUT2D eigenvalue weighted by molar-refractivity contribution is 6.06. The minimum atomic E-state index is -0.619. The first-order chi connectivity index (χ1) is 9.65. The van der Waals surface area contributed by atoms with Crippen molar-refractivity contribution in [2.75, 3.05) is 0 Å². The number of nitrogens with one attached hydrogen (secondary N) is 1. The molecule has 0 aromatic heterocycles. The van der Waals surface area contributed by atoms with Crippen molar-refractivity contribution in [3.8, 4) is 5.75 Å². The maximum atomic E-state index is 13.1. The molecule has 0 aliphatic carbocycles. The third-order valence-electron chi connectivity index (χ3n) is 3.27. The first-order valence-electron chi connectivity index (χ1n) is 6.24. The Morgan fingerprint density at radius 2 is 1.90 bits per heavy atom. The van der Waals surface area contributed by atoms with Gasteiger partial charge in [-0.2, -0.15) is 5.10 Å². The van der Waals surface area contributed by atoms with Crippen LogP contribution in [0.5, 0.6) is 5.75 Å². The smallest absolute Gasteiger partial charge is 0.164 e. The van der Waals surface area contributed by atoms with Gasteiger partial charge < -0.3 is 5.11 Å². The fraction of sp³-hybridized carbons (Fsp3) is 0.0625. The fourth-order valence-corrected chi connectivity index (χ4v) is 2.25. The molecule has 0 bridgehead atoms. The van der Waals surface area contributed by atoms with Crippen molar-refractivity contribution < 1.29 is 9.50 Å². The number of phenols is 1. The van der Waals surface area contributed by atoms with Crippen molar-refractivity contribution >= 4 is 11.4 Å². The van der Waals surface area contributed by atoms with E-state index in [0.717, 1.165) is 28.1 Å². The minimum absolute atomic E-state index is 0.343. The molecular formula is C16H13FN2O. The van der Waals surface area contributed by atoms with Gasteiger partial charge in [0.1, 0.15) is 0 Å². The Morgan fingerprint density at radius 3 is 2.65 bits per heavy atom. The van der Waals surface area contributed by atoms with Crippen molar-refractivity contribution in [3.63, 3.8) is 0 Å². The zero-order valence-corrected chi connectivity index (χ0v) is 10.7. The lowest BCUT2D eigenvalue weighted by molar-refractivity contribution is 0.432. The molecule has 0 amide bonds. The Labute approximate surface area is 116 Å². The normalized spacial score (nSPS) is 13.4. The molecule has 4 heteroatoms. The third kappa shape index (κ3) is 2.16. The molecule has 0 saturated heterocycles. The molecule has 3 rings (SSSR count). The molecule has 1 aliphatic heterocycles. The van der Waals surface area contributed by atoms with Crippen molar-refractivity contribution in [2.45, 2.75) is 6.42 Å². The number of nitrogens with zero attached hydrogens (tertiary/aromatic N) is 1. The standard InChI is InChI=1S/C16H13FN2O/c1-10-12-4-2-3-5-13(12)15(19-18-10)8-11-6-7-14(17)16(20)9-11/h2-7,9,18,20H,1,8H2. The summed E-state index contributed by atoms with van der Waals surface area (Å²) in [6, 6.07) is 12.2. The van der Waals surface area contributed by atoms with Crippen molar-refractivity contribution in [1.29, 1.82) is 0 Å². The minimum Gasteiger partial charge on any atom is -0.505 e. The van der Waals surface area contributed by atoms with E-state index in [1.54, 1.807) is 6.07 Å². The molecule has 1 aliphatic rings. The van der Waals surface area contributed by atoms with E-state index in [9.17, 15) is 9.50 Å². The zero-order chi connectivity index (χ0) is 14.1. The Hall–Kier alpha value is -2.62. The van der Waals surface area contributed by atoms with Gasteiger partial charge in [0.25, 0.3) is 0 Å². The van der Waals surface area contributed by atoms with E-state index in [-0.39, 0.29) is 5.75 Å². The molecule has 0 spiro atoms. The van der Waals surface area contributed by atoms with Crippen LogP contribution in [0.1, 0.15) is 16.7 Å². The summed E-state index contributed by atoms with van der Waals surface area (Å²) >= 11 is 0. The number of hydrogen-bond donors (Lipinski definition) is 2. The second kappa shape index (κ2) is 4.81. The van der Waals surface area contributed by atoms with Crippen LogP contribution >= 0.6 is 0 Å². The third-order valence-corrected chi connectivity index (χ3v) is 3.27. The predicted molar refractivity (Wildman–Crippen MR) is 76.9 cm³/mol. The highest BCUT2D eigenvalue weighted by Crippen LogP contribution is 2.23. The molecule has 2 aromatic carbocycles. The summed E-state index contributed by atoms with van der Waals surface area (Å²) in [4.78, 5) is 0. The van der Waals surface area contributed by atoms with Crippen LogP contribution in [0.4, 0.5) is 4.39 Å². The molecule has 3 nitrogen and oxygen atoms in total. The lowest BCUT2D eigenvalue weighted by atomic mass is 9.95. The van der Waals surface area contributed by atoms with Crippen LogP contribution in [-0.4, -0.2) is 10.8 Å². The van der Waals surface area contributed by atoms with Crippen molar-refractivity contribution in [3.05, 3.63) is 71.6 Å². The molecule has 2 N–H and O–H groups in total. The molecule has 1 heterocycles. The lowest BCUT2D eigenvalue weighted by Gasteiger charge is -2.19. The summed E-state index contributed by atoms with van der Waals surface area (Å²) in [5, 5.41) is 13.7. The van der Waals surface area contributed by atoms with Gasteiger partial charge in [0, 0.05) is 17.5 Å². The maximum Gasteiger partial charge on any atom is 0.164 e. The summed E-state index contributed by atoms with van der Waals surface area (Å²) < 4.78 is 13.1. The largest absolute Gasteiger partial charge is 0.505 e. The Morgan fingerprint density at radius 1 is 1.15 bits per heavy atom. The topological polar surface area (TPSA) is 44.6 Å². The SMILES string of the molecule is C=C1NN=C(Cc2ccc(F)c(O)c2)c2ccccc21. The number of rotatable bonds is 2. The average Bonchev–Trinajstić information content (AvgIpc) is 2.46. The Balaban J connectivity index is 1.95. The summed E-state index contributed by atoms with van der Waals surface area (Å²) in [5.74, 6) is -0.962. The maximum absolute atomic E-state index is 13.1. The predicted octanol–water partition coefficient (Wildman–Crippen LogP) is 3.05. The number of fused-ring (bicyclic) bond motifs is 1. The van der Waals surface area contributed by atoms with E-state index in [0.29, 0.717) is 6.42 Å². The zero-order valence-electron chi connectivity index (χ0n) is 10.7. The van der Waals surface area contributed by atoms with Crippen LogP contribution in [0.3, 0.4) is 0 Å². The van der Waals surface area contributed by atoms with E-state index in [4.69, 9.17) is 0 Å². The molecule has 2 aromatic rings. The highest BCUT2D eigenvalue weighted by atomic mass is 19.1. The quantitative estimate of drug-likeness (QED) is 0.879. The van der Waals surface area contributed by atoms with Gasteiger partial charge in [-0.25, -0.2) is 4.39 Å². The van der Waals surface area contributed by atoms with Gasteiger partial charge >= 0.3 is 0 Å². The summed E-state index contributed by atoms with van der Waals surface area (Å²) in [6.45, 7) is 3.91. The van der Waals surface area contributed by atoms with Crippen LogP contribution in [0.25, 0.3) is 5.70 Å². The number of aromatic hydroxyl groups is 1. The van der Waals surface area contributed by atoms with Gasteiger partial charge in [-0.15, -0.1) is 0 Å². The molecule has 100 valence electrons. The number of benzene rings is 2. The second-order valence-corrected chi connectivity index (χ2v) is 4.66. The summed E-state index contributed by atoms with van der Waals surface area (Å²) in [5.41, 5.74) is 7.28. The van der Waals surface area contributed by atoms with Crippen LogP contribution in [0.2, 0.25) is 0 Å². The Bertz CT molecular complexity index is 722. The first-order valence-corrected chi connectivity index (χ1v) is 6.24. The van der Waals surface area contributed by atoms with Crippen molar-refractivity contribution in [1.82, 2.24) is 5.43 Å². The van der Waals surface area contributed by atoms with Crippen LogP contribution < -0.4 is 5.43 Å². The fourth-order valence-electron chi connectivity index (χ4n) is 2.25. The number of hydrazone groups is 1. The van der Waals surface area contributed by atoms with Crippen LogP contribution in [-0.2, 0) is 6.42 Å². The van der Waals surface area contributed by atoms with Crippen molar-refractivity contribution in [2.24, 2.45) is 5.10 Å². The molecule has 0 atom stereocenters. The molecule has 0 unspecified atom stereocenters. The van der Waals surface area contributed by atoms with Gasteiger partial charge in [-0.3, -0.25) is 5.43 Å². The molecule has 0 fully saturated rings. The van der Waals surface area contributed by atoms with Gasteiger partial charge in [0.2, 0.25) is 0 Å². The van der Waals surface area contributed by atoms with E-state index >= 15 is 0 Å². The lowest BCUT2D eigenvalue weighted by Crippen LogP contribution is -2.20. The highest BCUT2D eigenvalue weighted by Gasteiger charge is 2.16. The number of phenolic OH excluding ortho intramolecular Hbond substituents is 1. The summed E-state index contributed by atoms with van der Waals surface area (Å²) in [7, 11) is 0.